The van der Waals surface area contributed by atoms with E-state index in [4.69, 9.17) is 21.1 Å². The number of halogens is 3. The first kappa shape index (κ1) is 27.5. The Morgan fingerprint density at radius 3 is 2.79 bits per heavy atom. The van der Waals surface area contributed by atoms with Gasteiger partial charge < -0.3 is 24.4 Å². The van der Waals surface area contributed by atoms with Gasteiger partial charge in [-0.05, 0) is 37.3 Å². The number of aliphatic carboxylic acids is 1. The second-order valence-electron chi connectivity index (χ2n) is 9.56. The first-order valence-corrected chi connectivity index (χ1v) is 13.8. The van der Waals surface area contributed by atoms with Crippen molar-refractivity contribution < 1.29 is 28.2 Å². The zero-order valence-corrected chi connectivity index (χ0v) is 22.9. The van der Waals surface area contributed by atoms with Crippen molar-refractivity contribution in [3.63, 3.8) is 0 Å². The van der Waals surface area contributed by atoms with Crippen LogP contribution >= 0.6 is 22.9 Å². The summed E-state index contributed by atoms with van der Waals surface area (Å²) in [7, 11) is 1.69. The zero-order chi connectivity index (χ0) is 27.7. The van der Waals surface area contributed by atoms with Crippen molar-refractivity contribution in [1.29, 1.82) is 0 Å². The van der Waals surface area contributed by atoms with E-state index in [-0.39, 0.29) is 30.9 Å². The molecule has 2 unspecified atom stereocenters. The fourth-order valence-corrected chi connectivity index (χ4v) is 6.09. The van der Waals surface area contributed by atoms with Crippen molar-refractivity contribution in [3.8, 4) is 16.5 Å². The SMILES string of the molecule is COC1CCCN(c2cc(Cl)cnc2O[C@H]2C[C@@H](C(=O)O)N(c3cc(-c4cccs4)nc(C(F)F)n3)C2)C1C. The monoisotopic (exact) mass is 579 g/mol. The molecule has 0 spiro atoms. The van der Waals surface area contributed by atoms with Gasteiger partial charge in [-0.3, -0.25) is 0 Å². The van der Waals surface area contributed by atoms with Crippen LogP contribution in [-0.2, 0) is 9.53 Å². The second-order valence-corrected chi connectivity index (χ2v) is 10.9. The fraction of sp³-hybridized carbons (Fsp3) is 0.462. The van der Waals surface area contributed by atoms with Gasteiger partial charge in [0.1, 0.15) is 23.7 Å². The third-order valence-corrected chi connectivity index (χ3v) is 8.25. The molecule has 208 valence electrons. The molecule has 5 rings (SSSR count). The number of methoxy groups -OCH3 is 1. The minimum atomic E-state index is -2.91. The molecule has 9 nitrogen and oxygen atoms in total. The fourth-order valence-electron chi connectivity index (χ4n) is 5.25. The molecule has 0 saturated carbocycles. The summed E-state index contributed by atoms with van der Waals surface area (Å²) in [5, 5.41) is 12.3. The third-order valence-electron chi connectivity index (χ3n) is 7.15. The Bertz CT molecular complexity index is 1320. The summed E-state index contributed by atoms with van der Waals surface area (Å²) in [6.07, 6.45) is -0.0300. The second kappa shape index (κ2) is 11.6. The lowest BCUT2D eigenvalue weighted by Crippen LogP contribution is -2.47. The maximum absolute atomic E-state index is 13.7. The topological polar surface area (TPSA) is 101 Å². The average molecular weight is 580 g/mol. The number of anilines is 2. The van der Waals surface area contributed by atoms with E-state index in [1.807, 2.05) is 5.38 Å². The number of thiophene rings is 1. The van der Waals surface area contributed by atoms with E-state index in [0.29, 0.717) is 27.2 Å². The van der Waals surface area contributed by atoms with E-state index in [2.05, 4.69) is 26.8 Å². The van der Waals surface area contributed by atoms with Crippen LogP contribution in [0.1, 0.15) is 38.4 Å². The molecular weight excluding hydrogens is 552 g/mol. The highest BCUT2D eigenvalue weighted by atomic mass is 35.5. The first-order chi connectivity index (χ1) is 18.7. The van der Waals surface area contributed by atoms with Gasteiger partial charge in [-0.15, -0.1) is 11.3 Å². The lowest BCUT2D eigenvalue weighted by molar-refractivity contribution is -0.138. The molecule has 0 aromatic carbocycles. The van der Waals surface area contributed by atoms with Crippen LogP contribution in [0.25, 0.3) is 10.6 Å². The van der Waals surface area contributed by atoms with Gasteiger partial charge in [-0.1, -0.05) is 17.7 Å². The molecule has 39 heavy (non-hydrogen) atoms. The molecule has 4 atom stereocenters. The number of aromatic nitrogens is 3. The average Bonchev–Trinajstić information content (AvgIpc) is 3.61. The van der Waals surface area contributed by atoms with Crippen LogP contribution in [-0.4, -0.2) is 70.5 Å². The summed E-state index contributed by atoms with van der Waals surface area (Å²) >= 11 is 7.65. The predicted octanol–water partition coefficient (Wildman–Crippen LogP) is 5.31. The molecule has 0 radical (unpaired) electrons. The van der Waals surface area contributed by atoms with Crippen LogP contribution in [0.4, 0.5) is 20.3 Å². The van der Waals surface area contributed by atoms with E-state index in [1.54, 1.807) is 31.4 Å². The number of ether oxygens (including phenoxy) is 2. The summed E-state index contributed by atoms with van der Waals surface area (Å²) in [6, 6.07) is 5.89. The lowest BCUT2D eigenvalue weighted by atomic mass is 9.99. The molecular formula is C26H28ClF2N5O4S. The minimum Gasteiger partial charge on any atom is -0.480 e. The zero-order valence-electron chi connectivity index (χ0n) is 21.3. The van der Waals surface area contributed by atoms with Crippen LogP contribution < -0.4 is 14.5 Å². The standard InChI is InChI=1S/C26H28ClF2N5O4S/c1-14-20(37-2)5-3-7-33(14)18-9-15(27)12-30-25(18)38-16-10-19(26(35)36)34(13-16)22-11-17(21-6-4-8-39-21)31-24(32-22)23(28)29/h4,6,8-9,11-12,14,16,19-20,23H,3,5,7,10,13H2,1-2H3,(H,35,36)/t14?,16-,19-,20?/m0/s1. The van der Waals surface area contributed by atoms with E-state index in [1.165, 1.54) is 22.4 Å². The number of alkyl halides is 2. The number of hydrogen-bond donors (Lipinski definition) is 1. The Kier molecular flexibility index (Phi) is 8.15. The smallest absolute Gasteiger partial charge is 0.326 e. The normalized spacial score (nSPS) is 23.4. The maximum Gasteiger partial charge on any atom is 0.326 e. The van der Waals surface area contributed by atoms with Crippen molar-refractivity contribution >= 4 is 40.4 Å². The summed E-state index contributed by atoms with van der Waals surface area (Å²) in [6.45, 7) is 2.94. The van der Waals surface area contributed by atoms with E-state index < -0.39 is 30.4 Å². The summed E-state index contributed by atoms with van der Waals surface area (Å²) in [5.74, 6) is -1.32. The van der Waals surface area contributed by atoms with Gasteiger partial charge in [0.2, 0.25) is 5.88 Å². The van der Waals surface area contributed by atoms with Crippen LogP contribution in [0.5, 0.6) is 5.88 Å². The van der Waals surface area contributed by atoms with Gasteiger partial charge in [-0.2, -0.15) is 0 Å². The molecule has 2 aliphatic heterocycles. The van der Waals surface area contributed by atoms with Gasteiger partial charge in [0.15, 0.2) is 5.82 Å². The largest absolute Gasteiger partial charge is 0.480 e. The number of carbonyl (C=O) groups is 1. The van der Waals surface area contributed by atoms with Gasteiger partial charge >= 0.3 is 5.97 Å². The Morgan fingerprint density at radius 1 is 1.28 bits per heavy atom. The van der Waals surface area contributed by atoms with Crippen LogP contribution in [0, 0.1) is 0 Å². The molecule has 1 N–H and O–H groups in total. The molecule has 0 bridgehead atoms. The number of nitrogens with zero attached hydrogens (tertiary/aromatic N) is 5. The minimum absolute atomic E-state index is 0.0308. The molecule has 3 aromatic rings. The van der Waals surface area contributed by atoms with Gasteiger partial charge in [-0.25, -0.2) is 28.5 Å². The van der Waals surface area contributed by atoms with Gasteiger partial charge in [0, 0.05) is 32.3 Å². The summed E-state index contributed by atoms with van der Waals surface area (Å²) in [4.78, 5) is 29.0. The molecule has 2 saturated heterocycles. The highest BCUT2D eigenvalue weighted by Crippen LogP contribution is 2.37. The molecule has 3 aromatic heterocycles. The highest BCUT2D eigenvalue weighted by molar-refractivity contribution is 7.13. The summed E-state index contributed by atoms with van der Waals surface area (Å²) in [5.41, 5.74) is 1.01. The molecule has 13 heteroatoms. The molecule has 2 aliphatic rings. The van der Waals surface area contributed by atoms with Crippen LogP contribution in [0.15, 0.2) is 35.8 Å². The Labute approximate surface area is 233 Å². The van der Waals surface area contributed by atoms with Crippen molar-refractivity contribution in [2.75, 3.05) is 30.0 Å². The Morgan fingerprint density at radius 2 is 2.10 bits per heavy atom. The number of piperidine rings is 1. The number of pyridine rings is 1. The van der Waals surface area contributed by atoms with Crippen molar-refractivity contribution in [2.45, 2.75) is 56.9 Å². The van der Waals surface area contributed by atoms with Crippen molar-refractivity contribution in [3.05, 3.63) is 46.7 Å². The molecule has 5 heterocycles. The lowest BCUT2D eigenvalue weighted by Gasteiger charge is -2.40. The Hall–Kier alpha value is -3.09. The first-order valence-electron chi connectivity index (χ1n) is 12.6. The maximum atomic E-state index is 13.7. The van der Waals surface area contributed by atoms with Crippen LogP contribution in [0.3, 0.4) is 0 Å². The molecule has 0 amide bonds. The van der Waals surface area contributed by atoms with Gasteiger partial charge in [0.05, 0.1) is 34.3 Å². The third kappa shape index (κ3) is 5.78. The van der Waals surface area contributed by atoms with Crippen molar-refractivity contribution in [1.82, 2.24) is 15.0 Å². The highest BCUT2D eigenvalue weighted by Gasteiger charge is 2.40. The van der Waals surface area contributed by atoms with E-state index >= 15 is 0 Å². The van der Waals surface area contributed by atoms with E-state index in [0.717, 1.165) is 19.4 Å². The Balaban J connectivity index is 1.44. The number of carboxylic acids is 1. The number of hydrogen-bond acceptors (Lipinski definition) is 9. The number of rotatable bonds is 8. The summed E-state index contributed by atoms with van der Waals surface area (Å²) < 4.78 is 39.4. The van der Waals surface area contributed by atoms with Gasteiger partial charge in [0.25, 0.3) is 6.43 Å². The molecule has 0 aliphatic carbocycles. The van der Waals surface area contributed by atoms with Crippen LogP contribution in [0.2, 0.25) is 5.02 Å². The quantitative estimate of drug-likeness (QED) is 0.381. The predicted molar refractivity (Wildman–Crippen MR) is 144 cm³/mol. The van der Waals surface area contributed by atoms with Crippen molar-refractivity contribution in [2.24, 2.45) is 0 Å². The number of carboxylic acid groups (broad SMARTS) is 1. The molecule has 2 fully saturated rings. The van der Waals surface area contributed by atoms with E-state index in [9.17, 15) is 18.7 Å².